The van der Waals surface area contributed by atoms with Crippen molar-refractivity contribution < 1.29 is 9.59 Å². The zero-order valence-electron chi connectivity index (χ0n) is 15.0. The number of nitrogens with zero attached hydrogens (tertiary/aromatic N) is 1. The molecule has 0 unspecified atom stereocenters. The predicted molar refractivity (Wildman–Crippen MR) is 102 cm³/mol. The second-order valence-electron chi connectivity index (χ2n) is 6.13. The maximum Gasteiger partial charge on any atom is 0.319 e. The molecule has 132 valence electrons. The van der Waals surface area contributed by atoms with Crippen LogP contribution in [-0.2, 0) is 4.79 Å². The summed E-state index contributed by atoms with van der Waals surface area (Å²) < 4.78 is 0. The molecule has 0 fully saturated rings. The molecule has 2 aromatic rings. The lowest BCUT2D eigenvalue weighted by atomic mass is 10.0. The molecule has 25 heavy (non-hydrogen) atoms. The van der Waals surface area contributed by atoms with E-state index in [4.69, 9.17) is 0 Å². The van der Waals surface area contributed by atoms with Crippen molar-refractivity contribution in [3.63, 3.8) is 0 Å². The van der Waals surface area contributed by atoms with Crippen LogP contribution in [0.5, 0.6) is 0 Å². The van der Waals surface area contributed by atoms with E-state index < -0.39 is 0 Å². The monoisotopic (exact) mass is 339 g/mol. The number of para-hydroxylation sites is 2. The fourth-order valence-electron chi connectivity index (χ4n) is 2.65. The number of rotatable bonds is 6. The lowest BCUT2D eigenvalue weighted by Gasteiger charge is -2.25. The van der Waals surface area contributed by atoms with E-state index in [0.29, 0.717) is 19.0 Å². The molecule has 0 spiro atoms. The van der Waals surface area contributed by atoms with Gasteiger partial charge in [-0.05, 0) is 29.7 Å². The molecule has 3 amide bonds. The van der Waals surface area contributed by atoms with Crippen molar-refractivity contribution in [2.75, 3.05) is 23.3 Å². The third-order valence-electron chi connectivity index (χ3n) is 3.88. The second-order valence-corrected chi connectivity index (χ2v) is 6.13. The minimum Gasteiger partial charge on any atom is -0.336 e. The first-order valence-corrected chi connectivity index (χ1v) is 8.46. The number of hydrogen-bond donors (Lipinski definition) is 2. The molecule has 5 heteroatoms. The molecular weight excluding hydrogens is 314 g/mol. The molecule has 2 aromatic carbocycles. The average molecular weight is 339 g/mol. The Labute approximate surface area is 149 Å². The molecule has 2 N–H and O–H groups in total. The van der Waals surface area contributed by atoms with E-state index in [-0.39, 0.29) is 11.9 Å². The van der Waals surface area contributed by atoms with E-state index in [1.807, 2.05) is 54.6 Å². The molecule has 5 nitrogen and oxygen atoms in total. The van der Waals surface area contributed by atoms with Crippen LogP contribution in [0.25, 0.3) is 0 Å². The first-order chi connectivity index (χ1) is 12.0. The maximum atomic E-state index is 12.1. The van der Waals surface area contributed by atoms with Gasteiger partial charge in [0.05, 0.1) is 0 Å². The van der Waals surface area contributed by atoms with Crippen LogP contribution < -0.4 is 15.5 Å². The number of urea groups is 1. The maximum absolute atomic E-state index is 12.1. The predicted octanol–water partition coefficient (Wildman–Crippen LogP) is 3.98. The number of nitrogens with one attached hydrogen (secondary N) is 2. The van der Waals surface area contributed by atoms with Crippen LogP contribution >= 0.6 is 0 Å². The highest BCUT2D eigenvalue weighted by molar-refractivity contribution is 5.93. The van der Waals surface area contributed by atoms with Crippen LogP contribution in [-0.4, -0.2) is 25.0 Å². The number of benzene rings is 2. The Bertz CT molecular complexity index is 714. The lowest BCUT2D eigenvalue weighted by molar-refractivity contribution is -0.116. The molecule has 0 saturated carbocycles. The Morgan fingerprint density at radius 3 is 2.28 bits per heavy atom. The largest absolute Gasteiger partial charge is 0.336 e. The van der Waals surface area contributed by atoms with Crippen LogP contribution in [0.3, 0.4) is 0 Å². The van der Waals surface area contributed by atoms with Gasteiger partial charge in [-0.15, -0.1) is 0 Å². The summed E-state index contributed by atoms with van der Waals surface area (Å²) in [7, 11) is 0. The van der Waals surface area contributed by atoms with E-state index in [1.165, 1.54) is 0 Å². The zero-order chi connectivity index (χ0) is 18.2. The fraction of sp³-hybridized carbons (Fsp3) is 0.300. The minimum absolute atomic E-state index is 0.0432. The lowest BCUT2D eigenvalue weighted by Crippen LogP contribution is -2.39. The number of carbonyl (C=O) groups is 2. The van der Waals surface area contributed by atoms with E-state index in [9.17, 15) is 9.59 Å². The Kier molecular flexibility index (Phi) is 6.57. The molecule has 2 rings (SSSR count). The van der Waals surface area contributed by atoms with Crippen molar-refractivity contribution in [3.05, 3.63) is 60.2 Å². The van der Waals surface area contributed by atoms with Crippen molar-refractivity contribution in [2.24, 2.45) is 0 Å². The molecule has 0 bridgehead atoms. The number of amides is 3. The van der Waals surface area contributed by atoms with Gasteiger partial charge in [-0.2, -0.15) is 0 Å². The molecule has 0 heterocycles. The normalized spacial score (nSPS) is 10.4. The van der Waals surface area contributed by atoms with Gasteiger partial charge in [0, 0.05) is 31.4 Å². The Morgan fingerprint density at radius 2 is 1.64 bits per heavy atom. The minimum atomic E-state index is -0.285. The molecule has 0 aliphatic rings. The van der Waals surface area contributed by atoms with Crippen LogP contribution in [0.2, 0.25) is 0 Å². The van der Waals surface area contributed by atoms with Crippen LogP contribution in [0, 0.1) is 0 Å². The van der Waals surface area contributed by atoms with Crippen molar-refractivity contribution >= 4 is 23.3 Å². The smallest absolute Gasteiger partial charge is 0.319 e. The van der Waals surface area contributed by atoms with Gasteiger partial charge in [-0.3, -0.25) is 4.79 Å². The quantitative estimate of drug-likeness (QED) is 0.836. The van der Waals surface area contributed by atoms with Crippen molar-refractivity contribution in [3.8, 4) is 0 Å². The molecule has 0 saturated heterocycles. The summed E-state index contributed by atoms with van der Waals surface area (Å²) in [6, 6.07) is 16.8. The molecule has 0 aromatic heterocycles. The topological polar surface area (TPSA) is 61.4 Å². The van der Waals surface area contributed by atoms with Crippen molar-refractivity contribution in [1.82, 2.24) is 5.32 Å². The first-order valence-electron chi connectivity index (χ1n) is 8.46. The zero-order valence-corrected chi connectivity index (χ0v) is 15.0. The SMILES string of the molecule is CC(=O)N(CCNC(=O)Nc1ccccc1)c1ccccc1C(C)C. The first kappa shape index (κ1) is 18.5. The molecule has 0 aliphatic heterocycles. The third-order valence-corrected chi connectivity index (χ3v) is 3.88. The van der Waals surface area contributed by atoms with E-state index in [2.05, 4.69) is 24.5 Å². The van der Waals surface area contributed by atoms with Gasteiger partial charge >= 0.3 is 6.03 Å². The molecule has 0 atom stereocenters. The van der Waals surface area contributed by atoms with Crippen molar-refractivity contribution in [1.29, 1.82) is 0 Å². The van der Waals surface area contributed by atoms with Crippen LogP contribution in [0.15, 0.2) is 54.6 Å². The van der Waals surface area contributed by atoms with Gasteiger partial charge < -0.3 is 15.5 Å². The third kappa shape index (κ3) is 5.35. The summed E-state index contributed by atoms with van der Waals surface area (Å²) >= 11 is 0. The Balaban J connectivity index is 1.97. The summed E-state index contributed by atoms with van der Waals surface area (Å²) in [5.74, 6) is 0.269. The number of carbonyl (C=O) groups excluding carboxylic acids is 2. The average Bonchev–Trinajstić information content (AvgIpc) is 2.59. The molecular formula is C20H25N3O2. The van der Waals surface area contributed by atoms with Gasteiger partial charge in [0.1, 0.15) is 0 Å². The Morgan fingerprint density at radius 1 is 1.00 bits per heavy atom. The van der Waals surface area contributed by atoms with E-state index in [1.54, 1.807) is 11.8 Å². The standard InChI is InChI=1S/C20H25N3O2/c1-15(2)18-11-7-8-12-19(18)23(16(3)24)14-13-21-20(25)22-17-9-5-4-6-10-17/h4-12,15H,13-14H2,1-3H3,(H2,21,22,25). The summed E-state index contributed by atoms with van der Waals surface area (Å²) in [6.07, 6.45) is 0. The summed E-state index contributed by atoms with van der Waals surface area (Å²) in [6.45, 7) is 6.53. The van der Waals surface area contributed by atoms with Crippen LogP contribution in [0.4, 0.5) is 16.2 Å². The van der Waals surface area contributed by atoms with Gasteiger partial charge in [-0.1, -0.05) is 50.2 Å². The highest BCUT2D eigenvalue weighted by atomic mass is 16.2. The Hall–Kier alpha value is -2.82. The summed E-state index contributed by atoms with van der Waals surface area (Å²) in [5, 5.41) is 5.55. The van der Waals surface area contributed by atoms with E-state index in [0.717, 1.165) is 16.9 Å². The summed E-state index contributed by atoms with van der Waals surface area (Å²) in [4.78, 5) is 25.7. The highest BCUT2D eigenvalue weighted by Gasteiger charge is 2.16. The number of hydrogen-bond acceptors (Lipinski definition) is 2. The van der Waals surface area contributed by atoms with Gasteiger partial charge in [0.2, 0.25) is 5.91 Å². The second kappa shape index (κ2) is 8.87. The molecule has 0 radical (unpaired) electrons. The number of anilines is 2. The van der Waals surface area contributed by atoms with Crippen molar-refractivity contribution in [2.45, 2.75) is 26.7 Å². The van der Waals surface area contributed by atoms with Gasteiger partial charge in [0.15, 0.2) is 0 Å². The highest BCUT2D eigenvalue weighted by Crippen LogP contribution is 2.27. The fourth-order valence-corrected chi connectivity index (χ4v) is 2.65. The van der Waals surface area contributed by atoms with E-state index >= 15 is 0 Å². The van der Waals surface area contributed by atoms with Crippen LogP contribution in [0.1, 0.15) is 32.3 Å². The molecule has 0 aliphatic carbocycles. The van der Waals surface area contributed by atoms with Gasteiger partial charge in [0.25, 0.3) is 0 Å². The summed E-state index contributed by atoms with van der Waals surface area (Å²) in [5.41, 5.74) is 2.75. The van der Waals surface area contributed by atoms with Gasteiger partial charge in [-0.25, -0.2) is 4.79 Å².